The number of nitrogens with zero attached hydrogens (tertiary/aromatic N) is 2. The van der Waals surface area contributed by atoms with Crippen molar-refractivity contribution < 1.29 is 9.53 Å². The van der Waals surface area contributed by atoms with Crippen LogP contribution in [-0.4, -0.2) is 42.9 Å². The number of hydrogen-bond donors (Lipinski definition) is 0. The van der Waals surface area contributed by atoms with Crippen LogP contribution in [0, 0.1) is 11.8 Å². The van der Waals surface area contributed by atoms with Gasteiger partial charge in [0, 0.05) is 18.7 Å². The summed E-state index contributed by atoms with van der Waals surface area (Å²) in [5, 5.41) is 0. The molecular formula is C18H22N2O2. The quantitative estimate of drug-likeness (QED) is 0.365. The van der Waals surface area contributed by atoms with Crippen molar-refractivity contribution in [1.29, 1.82) is 0 Å². The Morgan fingerprint density at radius 2 is 2.00 bits per heavy atom. The van der Waals surface area contributed by atoms with Gasteiger partial charge in [-0.3, -0.25) is 9.79 Å². The first-order chi connectivity index (χ1) is 10.7. The minimum absolute atomic E-state index is 0.0198. The second kappa shape index (κ2) is 5.95. The third-order valence-corrected chi connectivity index (χ3v) is 4.87. The van der Waals surface area contributed by atoms with Gasteiger partial charge in [0.25, 0.3) is 0 Å². The van der Waals surface area contributed by atoms with Crippen molar-refractivity contribution >= 4 is 11.8 Å². The Morgan fingerprint density at radius 3 is 2.64 bits per heavy atom. The van der Waals surface area contributed by atoms with Gasteiger partial charge in [0.1, 0.15) is 5.84 Å². The number of piperidine rings is 1. The number of rotatable bonds is 2. The predicted octanol–water partition coefficient (Wildman–Crippen LogP) is 2.50. The highest BCUT2D eigenvalue weighted by Gasteiger charge is 2.46. The van der Waals surface area contributed by atoms with Gasteiger partial charge in [0.2, 0.25) is 0 Å². The molecule has 1 aliphatic carbocycles. The predicted molar refractivity (Wildman–Crippen MR) is 86.7 cm³/mol. The molecular weight excluding hydrogens is 276 g/mol. The zero-order valence-electron chi connectivity index (χ0n) is 13.3. The standard InChI is InChI=1S/C18H22N2O2/c1-12-14-9-10-16(15(11-14)18(21)22-3)20(12)17(19-2)13-7-5-4-6-8-13/h4-10,12,14-16H,11H2,1-3H3/t12-,14-,15+,16+/m1/s1. The van der Waals surface area contributed by atoms with Gasteiger partial charge in [-0.2, -0.15) is 0 Å². The summed E-state index contributed by atoms with van der Waals surface area (Å²) in [5.41, 5.74) is 1.08. The number of benzene rings is 1. The number of aliphatic imine (C=N–C) groups is 1. The molecule has 4 heteroatoms. The lowest BCUT2D eigenvalue weighted by Crippen LogP contribution is -2.59. The molecule has 1 fully saturated rings. The molecule has 0 aromatic heterocycles. The first-order valence-corrected chi connectivity index (χ1v) is 7.74. The SMILES string of the molecule is CN=C(c1ccccc1)N1[C@H](C)[C@@H]2C=C[C@H]1[C@@H](C(=O)OC)C2. The molecule has 1 saturated heterocycles. The molecule has 1 aromatic carbocycles. The first kappa shape index (κ1) is 14.8. The third kappa shape index (κ3) is 2.32. The molecule has 4 atom stereocenters. The Bertz CT molecular complexity index is 609. The van der Waals surface area contributed by atoms with Crippen LogP contribution in [0.15, 0.2) is 47.5 Å². The minimum Gasteiger partial charge on any atom is -0.469 e. The van der Waals surface area contributed by atoms with E-state index in [1.807, 2.05) is 25.2 Å². The fourth-order valence-corrected chi connectivity index (χ4v) is 3.73. The summed E-state index contributed by atoms with van der Waals surface area (Å²) in [6.45, 7) is 2.21. The topological polar surface area (TPSA) is 41.9 Å². The number of methoxy groups -OCH3 is 1. The number of hydrogen-bond acceptors (Lipinski definition) is 3. The van der Waals surface area contributed by atoms with E-state index >= 15 is 0 Å². The van der Waals surface area contributed by atoms with E-state index in [0.717, 1.165) is 17.8 Å². The Labute approximate surface area is 131 Å². The molecule has 2 aliphatic heterocycles. The number of fused-ring (bicyclic) bond motifs is 2. The summed E-state index contributed by atoms with van der Waals surface area (Å²) >= 11 is 0. The molecule has 1 aromatic rings. The molecule has 3 aliphatic rings. The van der Waals surface area contributed by atoms with E-state index in [1.165, 1.54) is 7.11 Å². The molecule has 2 bridgehead atoms. The fraction of sp³-hybridized carbons (Fsp3) is 0.444. The lowest BCUT2D eigenvalue weighted by molar-refractivity contribution is -0.149. The normalized spacial score (nSPS) is 30.5. The van der Waals surface area contributed by atoms with Crippen LogP contribution in [-0.2, 0) is 9.53 Å². The number of amidine groups is 1. The van der Waals surface area contributed by atoms with E-state index in [0.29, 0.717) is 12.0 Å². The molecule has 4 rings (SSSR count). The summed E-state index contributed by atoms with van der Waals surface area (Å²) in [5.74, 6) is 1.06. The van der Waals surface area contributed by atoms with E-state index < -0.39 is 0 Å². The van der Waals surface area contributed by atoms with E-state index in [4.69, 9.17) is 4.74 Å². The fourth-order valence-electron chi connectivity index (χ4n) is 3.73. The van der Waals surface area contributed by atoms with Gasteiger partial charge < -0.3 is 9.64 Å². The van der Waals surface area contributed by atoms with E-state index in [1.54, 1.807) is 0 Å². The lowest BCUT2D eigenvalue weighted by Gasteiger charge is -2.51. The van der Waals surface area contributed by atoms with Crippen molar-refractivity contribution in [3.8, 4) is 0 Å². The van der Waals surface area contributed by atoms with Gasteiger partial charge >= 0.3 is 5.97 Å². The second-order valence-electron chi connectivity index (χ2n) is 5.97. The van der Waals surface area contributed by atoms with E-state index in [9.17, 15) is 4.79 Å². The highest BCUT2D eigenvalue weighted by Crippen LogP contribution is 2.40. The monoisotopic (exact) mass is 298 g/mol. The Kier molecular flexibility index (Phi) is 4.01. The first-order valence-electron chi connectivity index (χ1n) is 7.74. The van der Waals surface area contributed by atoms with Crippen LogP contribution in [0.4, 0.5) is 0 Å². The summed E-state index contributed by atoms with van der Waals surface area (Å²) < 4.78 is 5.01. The van der Waals surface area contributed by atoms with E-state index in [2.05, 4.69) is 41.1 Å². The smallest absolute Gasteiger partial charge is 0.311 e. The molecule has 116 valence electrons. The summed E-state index contributed by atoms with van der Waals surface area (Å²) in [6, 6.07) is 10.5. The van der Waals surface area contributed by atoms with E-state index in [-0.39, 0.29) is 17.9 Å². The lowest BCUT2D eigenvalue weighted by atomic mass is 9.73. The molecule has 0 saturated carbocycles. The van der Waals surface area contributed by atoms with Gasteiger partial charge in [-0.15, -0.1) is 0 Å². The minimum atomic E-state index is -0.125. The maximum atomic E-state index is 12.1. The zero-order valence-corrected chi connectivity index (χ0v) is 13.3. The number of esters is 1. The Morgan fingerprint density at radius 1 is 1.27 bits per heavy atom. The van der Waals surface area contributed by atoms with Crippen LogP contribution < -0.4 is 0 Å². The molecule has 2 heterocycles. The van der Waals surface area contributed by atoms with Crippen molar-refractivity contribution in [3.05, 3.63) is 48.0 Å². The molecule has 0 radical (unpaired) electrons. The molecule has 0 N–H and O–H groups in total. The third-order valence-electron chi connectivity index (χ3n) is 4.87. The maximum Gasteiger partial charge on any atom is 0.311 e. The van der Waals surface area contributed by atoms with Crippen molar-refractivity contribution in [2.24, 2.45) is 16.8 Å². The summed E-state index contributed by atoms with van der Waals surface area (Å²) in [7, 11) is 3.28. The molecule has 0 spiro atoms. The van der Waals surface area contributed by atoms with Crippen LogP contribution in [0.3, 0.4) is 0 Å². The molecule has 0 amide bonds. The van der Waals surface area contributed by atoms with Crippen molar-refractivity contribution in [1.82, 2.24) is 4.90 Å². The molecule has 0 unspecified atom stereocenters. The Balaban J connectivity index is 1.98. The number of carbonyl (C=O) groups is 1. The van der Waals surface area contributed by atoms with Crippen molar-refractivity contribution in [3.63, 3.8) is 0 Å². The summed E-state index contributed by atoms with van der Waals surface area (Å²) in [6.07, 6.45) is 5.24. The number of carbonyl (C=O) groups excluding carboxylic acids is 1. The largest absolute Gasteiger partial charge is 0.469 e. The highest BCUT2D eigenvalue weighted by atomic mass is 16.5. The van der Waals surface area contributed by atoms with Gasteiger partial charge in [0.05, 0.1) is 19.1 Å². The highest BCUT2D eigenvalue weighted by molar-refractivity contribution is 5.99. The van der Waals surface area contributed by atoms with Crippen LogP contribution in [0.1, 0.15) is 18.9 Å². The molecule has 22 heavy (non-hydrogen) atoms. The molecule has 4 nitrogen and oxygen atoms in total. The van der Waals surface area contributed by atoms with Crippen LogP contribution in [0.5, 0.6) is 0 Å². The van der Waals surface area contributed by atoms with Crippen molar-refractivity contribution in [2.45, 2.75) is 25.4 Å². The van der Waals surface area contributed by atoms with Gasteiger partial charge in [-0.05, 0) is 19.3 Å². The maximum absolute atomic E-state index is 12.1. The Hall–Kier alpha value is -2.10. The average Bonchev–Trinajstić information content (AvgIpc) is 2.58. The summed E-state index contributed by atoms with van der Waals surface area (Å²) in [4.78, 5) is 18.9. The van der Waals surface area contributed by atoms with Crippen LogP contribution in [0.25, 0.3) is 0 Å². The van der Waals surface area contributed by atoms with Gasteiger partial charge in [-0.1, -0.05) is 42.5 Å². The van der Waals surface area contributed by atoms with Crippen LogP contribution in [0.2, 0.25) is 0 Å². The second-order valence-corrected chi connectivity index (χ2v) is 5.97. The van der Waals surface area contributed by atoms with Crippen molar-refractivity contribution in [2.75, 3.05) is 14.2 Å². The van der Waals surface area contributed by atoms with Gasteiger partial charge in [-0.25, -0.2) is 0 Å². The average molecular weight is 298 g/mol. The zero-order chi connectivity index (χ0) is 15.7. The number of ether oxygens (including phenoxy) is 1. The van der Waals surface area contributed by atoms with Gasteiger partial charge in [0.15, 0.2) is 0 Å². The van der Waals surface area contributed by atoms with Crippen LogP contribution >= 0.6 is 0 Å².